The van der Waals surface area contributed by atoms with Gasteiger partial charge in [0.05, 0.1) is 17.5 Å². The number of amides is 1. The molecule has 0 aliphatic carbocycles. The van der Waals surface area contributed by atoms with Crippen LogP contribution in [0.2, 0.25) is 0 Å². The van der Waals surface area contributed by atoms with Crippen molar-refractivity contribution < 1.29 is 13.2 Å². The highest BCUT2D eigenvalue weighted by molar-refractivity contribution is 7.89. The summed E-state index contributed by atoms with van der Waals surface area (Å²) in [7, 11) is -1.86. The molecule has 3 N–H and O–H groups in total. The molecule has 24 heavy (non-hydrogen) atoms. The molecule has 2 rings (SSSR count). The van der Waals surface area contributed by atoms with Crippen molar-refractivity contribution in [2.45, 2.75) is 17.9 Å². The molecule has 2 aromatic carbocycles. The number of nitrogens with two attached hydrogens (primary N) is 1. The molecule has 0 saturated carbocycles. The fourth-order valence-electron chi connectivity index (χ4n) is 2.31. The molecule has 0 fully saturated rings. The molecule has 0 aromatic heterocycles. The summed E-state index contributed by atoms with van der Waals surface area (Å²) in [5.74, 6) is -0.121. The summed E-state index contributed by atoms with van der Waals surface area (Å²) in [6.45, 7) is 2.07. The Balaban J connectivity index is 1.96. The second kappa shape index (κ2) is 7.46. The summed E-state index contributed by atoms with van der Waals surface area (Å²) in [4.78, 5) is 14.1. The number of carbonyl (C=O) groups excluding carboxylic acids is 1. The van der Waals surface area contributed by atoms with Crippen LogP contribution in [-0.4, -0.2) is 27.9 Å². The van der Waals surface area contributed by atoms with Gasteiger partial charge in [-0.05, 0) is 36.8 Å². The van der Waals surface area contributed by atoms with Crippen molar-refractivity contribution in [1.82, 2.24) is 5.32 Å². The van der Waals surface area contributed by atoms with Crippen molar-refractivity contribution in [1.29, 1.82) is 0 Å². The van der Waals surface area contributed by atoms with Gasteiger partial charge in [-0.3, -0.25) is 4.79 Å². The number of likely N-dealkylation sites (N-methyl/N-ethyl adjacent to an activating group) is 1. The average molecular weight is 347 g/mol. The highest BCUT2D eigenvalue weighted by Crippen LogP contribution is 2.16. The maximum Gasteiger partial charge on any atom is 0.239 e. The number of hydrogen-bond donors (Lipinski definition) is 2. The second-order valence-electron chi connectivity index (χ2n) is 5.59. The highest BCUT2D eigenvalue weighted by Gasteiger charge is 2.13. The molecule has 0 radical (unpaired) electrons. The first kappa shape index (κ1) is 18.0. The summed E-state index contributed by atoms with van der Waals surface area (Å²) in [5.41, 5.74) is 1.76. The Kier molecular flexibility index (Phi) is 5.58. The third-order valence-corrected chi connectivity index (χ3v) is 4.59. The summed E-state index contributed by atoms with van der Waals surface area (Å²) < 4.78 is 22.5. The molecule has 2 aromatic rings. The minimum atomic E-state index is -3.71. The van der Waals surface area contributed by atoms with E-state index >= 15 is 0 Å². The Bertz CT molecular complexity index is 790. The number of hydrogen-bond acceptors (Lipinski definition) is 4. The minimum absolute atomic E-state index is 0.0496. The van der Waals surface area contributed by atoms with Crippen LogP contribution in [0.4, 0.5) is 5.69 Å². The van der Waals surface area contributed by atoms with E-state index in [1.54, 1.807) is 12.1 Å². The SMILES string of the molecule is C[C@@H](NC(=O)CN(C)c1ccccc1)c1ccc(S(N)(=O)=O)cc1. The first-order chi connectivity index (χ1) is 11.3. The zero-order valence-electron chi connectivity index (χ0n) is 13.6. The van der Waals surface area contributed by atoms with Gasteiger partial charge in [0.25, 0.3) is 0 Å². The van der Waals surface area contributed by atoms with E-state index in [2.05, 4.69) is 5.32 Å². The molecule has 1 atom stereocenters. The third-order valence-electron chi connectivity index (χ3n) is 3.66. The van der Waals surface area contributed by atoms with Crippen LogP contribution in [0.5, 0.6) is 0 Å². The predicted molar refractivity (Wildman–Crippen MR) is 94.1 cm³/mol. The average Bonchev–Trinajstić information content (AvgIpc) is 2.54. The van der Waals surface area contributed by atoms with E-state index < -0.39 is 10.0 Å². The number of para-hydroxylation sites is 1. The van der Waals surface area contributed by atoms with Gasteiger partial charge in [0.2, 0.25) is 15.9 Å². The van der Waals surface area contributed by atoms with E-state index in [9.17, 15) is 13.2 Å². The van der Waals surface area contributed by atoms with Gasteiger partial charge in [0.1, 0.15) is 0 Å². The normalized spacial score (nSPS) is 12.5. The molecule has 0 heterocycles. The van der Waals surface area contributed by atoms with Crippen LogP contribution in [0.25, 0.3) is 0 Å². The summed E-state index contributed by atoms with van der Waals surface area (Å²) in [6, 6.07) is 15.5. The summed E-state index contributed by atoms with van der Waals surface area (Å²) >= 11 is 0. The van der Waals surface area contributed by atoms with Gasteiger partial charge < -0.3 is 10.2 Å². The lowest BCUT2D eigenvalue weighted by atomic mass is 10.1. The molecule has 0 saturated heterocycles. The first-order valence-corrected chi connectivity index (χ1v) is 9.00. The smallest absolute Gasteiger partial charge is 0.239 e. The lowest BCUT2D eigenvalue weighted by Gasteiger charge is -2.21. The van der Waals surface area contributed by atoms with Crippen molar-refractivity contribution in [2.24, 2.45) is 5.14 Å². The van der Waals surface area contributed by atoms with Crippen molar-refractivity contribution in [2.75, 3.05) is 18.5 Å². The number of anilines is 1. The molecule has 1 amide bonds. The van der Waals surface area contributed by atoms with Crippen LogP contribution in [0.15, 0.2) is 59.5 Å². The van der Waals surface area contributed by atoms with Crippen LogP contribution < -0.4 is 15.4 Å². The molecule has 0 spiro atoms. The lowest BCUT2D eigenvalue weighted by molar-refractivity contribution is -0.120. The van der Waals surface area contributed by atoms with Crippen molar-refractivity contribution in [3.8, 4) is 0 Å². The molecule has 0 aliphatic rings. The van der Waals surface area contributed by atoms with E-state index in [1.807, 2.05) is 49.2 Å². The molecule has 0 unspecified atom stereocenters. The number of carbonyl (C=O) groups is 1. The molecule has 6 nitrogen and oxygen atoms in total. The van der Waals surface area contributed by atoms with Gasteiger partial charge in [-0.15, -0.1) is 0 Å². The fourth-order valence-corrected chi connectivity index (χ4v) is 2.82. The molecule has 7 heteroatoms. The van der Waals surface area contributed by atoms with E-state index in [1.165, 1.54) is 12.1 Å². The van der Waals surface area contributed by atoms with E-state index in [0.29, 0.717) is 0 Å². The van der Waals surface area contributed by atoms with Crippen molar-refractivity contribution in [3.63, 3.8) is 0 Å². The fraction of sp³-hybridized carbons (Fsp3) is 0.235. The molecular weight excluding hydrogens is 326 g/mol. The molecule has 0 aliphatic heterocycles. The standard InChI is InChI=1S/C17H21N3O3S/c1-13(14-8-10-16(11-9-14)24(18,22)23)19-17(21)12-20(2)15-6-4-3-5-7-15/h3-11,13H,12H2,1-2H3,(H,19,21)(H2,18,22,23)/t13-/m1/s1. The number of nitrogens with one attached hydrogen (secondary N) is 1. The molecular formula is C17H21N3O3S. The predicted octanol–water partition coefficient (Wildman–Crippen LogP) is 1.65. The van der Waals surface area contributed by atoms with Gasteiger partial charge >= 0.3 is 0 Å². The van der Waals surface area contributed by atoms with Gasteiger partial charge in [0.15, 0.2) is 0 Å². The van der Waals surface area contributed by atoms with Crippen molar-refractivity contribution >= 4 is 21.6 Å². The largest absolute Gasteiger partial charge is 0.365 e. The number of primary sulfonamides is 1. The Morgan fingerprint density at radius 3 is 2.25 bits per heavy atom. The van der Waals surface area contributed by atoms with Gasteiger partial charge in [-0.25, -0.2) is 13.6 Å². The Labute approximate surface area is 142 Å². The Morgan fingerprint density at radius 2 is 1.71 bits per heavy atom. The zero-order valence-corrected chi connectivity index (χ0v) is 14.5. The number of nitrogens with zero attached hydrogens (tertiary/aromatic N) is 1. The third kappa shape index (κ3) is 4.81. The maximum absolute atomic E-state index is 12.2. The van der Waals surface area contributed by atoms with Crippen LogP contribution in [-0.2, 0) is 14.8 Å². The maximum atomic E-state index is 12.2. The van der Waals surface area contributed by atoms with Gasteiger partial charge in [-0.1, -0.05) is 30.3 Å². The molecule has 128 valence electrons. The number of sulfonamides is 1. The lowest BCUT2D eigenvalue weighted by Crippen LogP contribution is -2.36. The van der Waals surface area contributed by atoms with E-state index in [0.717, 1.165) is 11.3 Å². The first-order valence-electron chi connectivity index (χ1n) is 7.45. The monoisotopic (exact) mass is 347 g/mol. The van der Waals surface area contributed by atoms with Crippen LogP contribution in [0.3, 0.4) is 0 Å². The Morgan fingerprint density at radius 1 is 1.12 bits per heavy atom. The Hall–Kier alpha value is -2.38. The van der Waals surface area contributed by atoms with E-state index in [4.69, 9.17) is 5.14 Å². The van der Waals surface area contributed by atoms with Crippen LogP contribution in [0.1, 0.15) is 18.5 Å². The number of benzene rings is 2. The zero-order chi connectivity index (χ0) is 17.7. The highest BCUT2D eigenvalue weighted by atomic mass is 32.2. The van der Waals surface area contributed by atoms with Crippen molar-refractivity contribution in [3.05, 3.63) is 60.2 Å². The second-order valence-corrected chi connectivity index (χ2v) is 7.16. The van der Waals surface area contributed by atoms with Gasteiger partial charge in [-0.2, -0.15) is 0 Å². The van der Waals surface area contributed by atoms with Crippen LogP contribution in [0, 0.1) is 0 Å². The molecule has 0 bridgehead atoms. The topological polar surface area (TPSA) is 92.5 Å². The quantitative estimate of drug-likeness (QED) is 0.831. The van der Waals surface area contributed by atoms with E-state index in [-0.39, 0.29) is 23.4 Å². The van der Waals surface area contributed by atoms with Gasteiger partial charge in [0, 0.05) is 12.7 Å². The summed E-state index contributed by atoms with van der Waals surface area (Å²) in [5, 5.41) is 7.96. The number of rotatable bonds is 6. The minimum Gasteiger partial charge on any atom is -0.365 e. The van der Waals surface area contributed by atoms with Crippen LogP contribution >= 0.6 is 0 Å². The summed E-state index contributed by atoms with van der Waals surface area (Å²) in [6.07, 6.45) is 0.